The van der Waals surface area contributed by atoms with Crippen LogP contribution in [0.1, 0.15) is 32.3 Å². The maximum absolute atomic E-state index is 11.7. The van der Waals surface area contributed by atoms with Crippen LogP contribution in [0.15, 0.2) is 41.4 Å². The fourth-order valence-corrected chi connectivity index (χ4v) is 5.44. The predicted molar refractivity (Wildman–Crippen MR) is 113 cm³/mol. The molecule has 1 atom stereocenters. The number of benzene rings is 1. The number of hydrogen-bond acceptors (Lipinski definition) is 3. The van der Waals surface area contributed by atoms with Gasteiger partial charge in [0.2, 0.25) is 0 Å². The van der Waals surface area contributed by atoms with E-state index in [1.54, 1.807) is 0 Å². The molecule has 148 valence electrons. The molecule has 6 heteroatoms. The summed E-state index contributed by atoms with van der Waals surface area (Å²) in [6.07, 6.45) is 4.03. The van der Waals surface area contributed by atoms with Crippen LogP contribution >= 0.6 is 0 Å². The van der Waals surface area contributed by atoms with Gasteiger partial charge in [0.15, 0.2) is 15.8 Å². The van der Waals surface area contributed by atoms with Gasteiger partial charge in [0.25, 0.3) is 0 Å². The monoisotopic (exact) mass is 389 g/mol. The number of nitrogens with one attached hydrogen (secondary N) is 1. The molecule has 2 heterocycles. The van der Waals surface area contributed by atoms with Crippen molar-refractivity contribution in [2.75, 3.05) is 37.7 Å². The Morgan fingerprint density at radius 3 is 2.67 bits per heavy atom. The molecular formula is C21H31N3O2S. The highest BCUT2D eigenvalue weighted by atomic mass is 32.2. The maximum atomic E-state index is 11.7. The van der Waals surface area contributed by atoms with Crippen LogP contribution in [0.4, 0.5) is 0 Å². The van der Waals surface area contributed by atoms with Gasteiger partial charge < -0.3 is 10.2 Å². The average Bonchev–Trinajstić information content (AvgIpc) is 3.01. The van der Waals surface area contributed by atoms with Crippen LogP contribution in [0.5, 0.6) is 0 Å². The summed E-state index contributed by atoms with van der Waals surface area (Å²) in [4.78, 5) is 7.07. The van der Waals surface area contributed by atoms with Crippen molar-refractivity contribution in [3.8, 4) is 0 Å². The van der Waals surface area contributed by atoms with Gasteiger partial charge in [-0.15, -0.1) is 0 Å². The molecule has 3 rings (SSSR count). The van der Waals surface area contributed by atoms with Crippen LogP contribution in [0.2, 0.25) is 0 Å². The summed E-state index contributed by atoms with van der Waals surface area (Å²) in [7, 11) is -2.83. The number of nitrogens with zero attached hydrogens (tertiary/aromatic N) is 2. The summed E-state index contributed by atoms with van der Waals surface area (Å²) in [5.41, 5.74) is 2.68. The van der Waals surface area contributed by atoms with Crippen molar-refractivity contribution in [3.05, 3.63) is 42.0 Å². The van der Waals surface area contributed by atoms with Crippen molar-refractivity contribution in [2.45, 2.75) is 26.7 Å². The zero-order valence-corrected chi connectivity index (χ0v) is 17.2. The molecule has 2 aliphatic rings. The first-order valence-corrected chi connectivity index (χ1v) is 11.7. The van der Waals surface area contributed by atoms with E-state index in [1.807, 2.05) is 6.07 Å². The van der Waals surface area contributed by atoms with Crippen molar-refractivity contribution >= 4 is 21.4 Å². The second kappa shape index (κ2) is 8.91. The Kier molecular flexibility index (Phi) is 6.58. The molecule has 1 saturated heterocycles. The average molecular weight is 390 g/mol. The van der Waals surface area contributed by atoms with Crippen molar-refractivity contribution < 1.29 is 8.42 Å². The molecule has 0 bridgehead atoms. The predicted octanol–water partition coefficient (Wildman–Crippen LogP) is 2.81. The van der Waals surface area contributed by atoms with E-state index in [9.17, 15) is 8.42 Å². The lowest BCUT2D eigenvalue weighted by Gasteiger charge is -2.30. The quantitative estimate of drug-likeness (QED) is 0.621. The van der Waals surface area contributed by atoms with Crippen molar-refractivity contribution in [2.24, 2.45) is 16.8 Å². The summed E-state index contributed by atoms with van der Waals surface area (Å²) < 4.78 is 23.4. The smallest absolute Gasteiger partial charge is 0.194 e. The molecule has 1 N–H and O–H groups in total. The number of aliphatic imine (C=N–C) groups is 1. The SMILES string of the molecule is CC(C)CN=C(NCC1CCS(=O)(=O)C1)N1CC=C(c2ccccc2)CC1. The van der Waals surface area contributed by atoms with E-state index in [0.717, 1.165) is 38.4 Å². The lowest BCUT2D eigenvalue weighted by atomic mass is 10.00. The van der Waals surface area contributed by atoms with Gasteiger partial charge in [0, 0.05) is 26.2 Å². The van der Waals surface area contributed by atoms with Gasteiger partial charge in [-0.2, -0.15) is 0 Å². The minimum Gasteiger partial charge on any atom is -0.356 e. The third kappa shape index (κ3) is 5.83. The second-order valence-corrected chi connectivity index (χ2v) is 10.2. The van der Waals surface area contributed by atoms with Crippen molar-refractivity contribution in [3.63, 3.8) is 0 Å². The Morgan fingerprint density at radius 2 is 2.07 bits per heavy atom. The van der Waals surface area contributed by atoms with E-state index < -0.39 is 9.84 Å². The molecule has 0 spiro atoms. The number of guanidine groups is 1. The summed E-state index contributed by atoms with van der Waals surface area (Å²) in [6, 6.07) is 10.5. The van der Waals surface area contributed by atoms with Gasteiger partial charge in [0.1, 0.15) is 0 Å². The highest BCUT2D eigenvalue weighted by molar-refractivity contribution is 7.91. The van der Waals surface area contributed by atoms with Crippen LogP contribution in [0.3, 0.4) is 0 Å². The molecule has 27 heavy (non-hydrogen) atoms. The topological polar surface area (TPSA) is 61.8 Å². The number of rotatable bonds is 5. The lowest BCUT2D eigenvalue weighted by Crippen LogP contribution is -2.45. The summed E-state index contributed by atoms with van der Waals surface area (Å²) >= 11 is 0. The van der Waals surface area contributed by atoms with Gasteiger partial charge in [-0.05, 0) is 35.8 Å². The number of sulfone groups is 1. The van der Waals surface area contributed by atoms with E-state index in [4.69, 9.17) is 4.99 Å². The molecule has 0 aromatic heterocycles. The molecule has 5 nitrogen and oxygen atoms in total. The van der Waals surface area contributed by atoms with Crippen molar-refractivity contribution in [1.29, 1.82) is 0 Å². The summed E-state index contributed by atoms with van der Waals surface area (Å²) in [6.45, 7) is 7.53. The third-order valence-corrected chi connectivity index (χ3v) is 6.97. The Morgan fingerprint density at radius 1 is 1.30 bits per heavy atom. The Bertz CT molecular complexity index is 785. The Hall–Kier alpha value is -1.82. The fraction of sp³-hybridized carbons (Fsp3) is 0.571. The first-order valence-electron chi connectivity index (χ1n) is 9.91. The van der Waals surface area contributed by atoms with E-state index in [2.05, 4.69) is 54.4 Å². The van der Waals surface area contributed by atoms with E-state index in [-0.39, 0.29) is 5.92 Å². The molecule has 2 aliphatic heterocycles. The Labute approximate surface area is 163 Å². The van der Waals surface area contributed by atoms with Crippen LogP contribution in [-0.2, 0) is 9.84 Å². The first-order chi connectivity index (χ1) is 12.9. The van der Waals surface area contributed by atoms with E-state index in [0.29, 0.717) is 24.0 Å². The molecule has 0 amide bonds. The molecule has 1 aromatic carbocycles. The van der Waals surface area contributed by atoms with Gasteiger partial charge in [-0.3, -0.25) is 4.99 Å². The highest BCUT2D eigenvalue weighted by Crippen LogP contribution is 2.22. The standard InChI is InChI=1S/C21H31N3O2S/c1-17(2)14-22-21(23-15-18-10-13-27(25,26)16-18)24-11-8-20(9-12-24)19-6-4-3-5-7-19/h3-8,17-18H,9-16H2,1-2H3,(H,22,23). The van der Waals surface area contributed by atoms with E-state index in [1.165, 1.54) is 11.1 Å². The molecule has 1 fully saturated rings. The molecule has 0 radical (unpaired) electrons. The first kappa shape index (κ1) is 19.9. The molecule has 0 saturated carbocycles. The largest absolute Gasteiger partial charge is 0.356 e. The van der Waals surface area contributed by atoms with Gasteiger partial charge in [0.05, 0.1) is 11.5 Å². The minimum absolute atomic E-state index is 0.194. The maximum Gasteiger partial charge on any atom is 0.194 e. The van der Waals surface area contributed by atoms with E-state index >= 15 is 0 Å². The fourth-order valence-electron chi connectivity index (χ4n) is 3.58. The van der Waals surface area contributed by atoms with Crippen LogP contribution < -0.4 is 5.32 Å². The Balaban J connectivity index is 1.63. The normalized spacial score (nSPS) is 22.8. The highest BCUT2D eigenvalue weighted by Gasteiger charge is 2.28. The molecule has 1 aromatic rings. The van der Waals surface area contributed by atoms with Crippen LogP contribution in [0.25, 0.3) is 5.57 Å². The lowest BCUT2D eigenvalue weighted by molar-refractivity contribution is 0.428. The minimum atomic E-state index is -2.83. The zero-order chi connectivity index (χ0) is 19.3. The molecule has 1 unspecified atom stereocenters. The molecular weight excluding hydrogens is 358 g/mol. The van der Waals surface area contributed by atoms with Crippen LogP contribution in [0, 0.1) is 11.8 Å². The van der Waals surface area contributed by atoms with Gasteiger partial charge in [-0.1, -0.05) is 50.3 Å². The summed E-state index contributed by atoms with van der Waals surface area (Å²) in [5, 5.41) is 3.46. The zero-order valence-electron chi connectivity index (χ0n) is 16.4. The molecule has 0 aliphatic carbocycles. The van der Waals surface area contributed by atoms with Crippen LogP contribution in [-0.4, -0.2) is 57.0 Å². The van der Waals surface area contributed by atoms with Crippen molar-refractivity contribution in [1.82, 2.24) is 10.2 Å². The number of hydrogen-bond donors (Lipinski definition) is 1. The third-order valence-electron chi connectivity index (χ3n) is 5.14. The second-order valence-electron chi connectivity index (χ2n) is 8.00. The van der Waals surface area contributed by atoms with Gasteiger partial charge >= 0.3 is 0 Å². The summed E-state index contributed by atoms with van der Waals surface area (Å²) in [5.74, 6) is 2.23. The van der Waals surface area contributed by atoms with Gasteiger partial charge in [-0.25, -0.2) is 8.42 Å².